The van der Waals surface area contributed by atoms with Crippen LogP contribution >= 0.6 is 0 Å². The lowest BCUT2D eigenvalue weighted by molar-refractivity contribution is -0.105. The fourth-order valence-corrected chi connectivity index (χ4v) is 1.66. The molecule has 2 heteroatoms. The van der Waals surface area contributed by atoms with E-state index in [4.69, 9.17) is 4.74 Å². The van der Waals surface area contributed by atoms with Crippen LogP contribution in [0.2, 0.25) is 0 Å². The van der Waals surface area contributed by atoms with Gasteiger partial charge in [0.05, 0.1) is 6.26 Å². The standard InChI is InChI=1S/C14H14O2/c15-10-13-7-4-8-14(16-11-13)9-12-5-2-1-3-6-12/h1-6,8,10-11,14H,7,9H2/t14-/m1/s1. The predicted molar refractivity (Wildman–Crippen MR) is 62.9 cm³/mol. The molecule has 0 aromatic heterocycles. The van der Waals surface area contributed by atoms with E-state index in [0.29, 0.717) is 12.0 Å². The van der Waals surface area contributed by atoms with Crippen LogP contribution in [0.5, 0.6) is 0 Å². The first-order valence-corrected chi connectivity index (χ1v) is 5.39. The molecule has 1 atom stereocenters. The van der Waals surface area contributed by atoms with E-state index in [1.165, 1.54) is 5.56 Å². The van der Waals surface area contributed by atoms with Gasteiger partial charge in [0.25, 0.3) is 0 Å². The van der Waals surface area contributed by atoms with Crippen LogP contribution in [0.1, 0.15) is 12.0 Å². The van der Waals surface area contributed by atoms with Gasteiger partial charge in [0.15, 0.2) is 0 Å². The van der Waals surface area contributed by atoms with Gasteiger partial charge in [-0.25, -0.2) is 0 Å². The van der Waals surface area contributed by atoms with E-state index in [1.54, 1.807) is 6.26 Å². The Morgan fingerprint density at radius 3 is 2.88 bits per heavy atom. The molecule has 0 fully saturated rings. The van der Waals surface area contributed by atoms with Crippen molar-refractivity contribution in [2.45, 2.75) is 18.9 Å². The van der Waals surface area contributed by atoms with Crippen molar-refractivity contribution in [3.63, 3.8) is 0 Å². The van der Waals surface area contributed by atoms with Crippen molar-refractivity contribution in [2.24, 2.45) is 0 Å². The Morgan fingerprint density at radius 2 is 2.12 bits per heavy atom. The third kappa shape index (κ3) is 2.83. The first-order valence-electron chi connectivity index (χ1n) is 5.39. The van der Waals surface area contributed by atoms with E-state index in [-0.39, 0.29) is 6.10 Å². The van der Waals surface area contributed by atoms with Crippen molar-refractivity contribution < 1.29 is 9.53 Å². The third-order valence-corrected chi connectivity index (χ3v) is 2.53. The number of hydrogen-bond acceptors (Lipinski definition) is 2. The molecule has 0 radical (unpaired) electrons. The molecule has 0 unspecified atom stereocenters. The van der Waals surface area contributed by atoms with Crippen molar-refractivity contribution in [1.29, 1.82) is 0 Å². The molecule has 1 aliphatic heterocycles. The van der Waals surface area contributed by atoms with Crippen LogP contribution in [0.4, 0.5) is 0 Å². The largest absolute Gasteiger partial charge is 0.493 e. The van der Waals surface area contributed by atoms with Crippen LogP contribution in [-0.2, 0) is 16.0 Å². The predicted octanol–water partition coefficient (Wildman–Crippen LogP) is 2.66. The minimum absolute atomic E-state index is 0.0276. The summed E-state index contributed by atoms with van der Waals surface area (Å²) >= 11 is 0. The fraction of sp³-hybridized carbons (Fsp3) is 0.214. The third-order valence-electron chi connectivity index (χ3n) is 2.53. The molecule has 0 aliphatic carbocycles. The molecule has 1 aromatic carbocycles. The van der Waals surface area contributed by atoms with Crippen LogP contribution in [-0.4, -0.2) is 12.4 Å². The Labute approximate surface area is 95.2 Å². The molecule has 0 saturated heterocycles. The second-order valence-electron chi connectivity index (χ2n) is 3.81. The van der Waals surface area contributed by atoms with Crippen LogP contribution in [0, 0.1) is 0 Å². The SMILES string of the molecule is O=CC1=CO[C@@H](Cc2ccccc2)C=CC1. The zero-order chi connectivity index (χ0) is 11.2. The summed E-state index contributed by atoms with van der Waals surface area (Å²) in [5, 5.41) is 0. The zero-order valence-electron chi connectivity index (χ0n) is 9.00. The summed E-state index contributed by atoms with van der Waals surface area (Å²) in [7, 11) is 0. The van der Waals surface area contributed by atoms with E-state index in [2.05, 4.69) is 12.1 Å². The number of allylic oxidation sites excluding steroid dienone is 2. The van der Waals surface area contributed by atoms with Crippen molar-refractivity contribution in [1.82, 2.24) is 0 Å². The van der Waals surface area contributed by atoms with Gasteiger partial charge in [-0.15, -0.1) is 0 Å². The summed E-state index contributed by atoms with van der Waals surface area (Å²) in [6.45, 7) is 0. The molecule has 0 amide bonds. The number of hydrogen-bond donors (Lipinski definition) is 0. The van der Waals surface area contributed by atoms with Gasteiger partial charge >= 0.3 is 0 Å². The first-order chi connectivity index (χ1) is 7.88. The van der Waals surface area contributed by atoms with Crippen LogP contribution < -0.4 is 0 Å². The first kappa shape index (κ1) is 10.7. The normalized spacial score (nSPS) is 19.5. The summed E-state index contributed by atoms with van der Waals surface area (Å²) in [4.78, 5) is 10.6. The molecule has 0 saturated carbocycles. The number of ether oxygens (including phenoxy) is 1. The summed E-state index contributed by atoms with van der Waals surface area (Å²) < 4.78 is 5.53. The van der Waals surface area contributed by atoms with E-state index in [1.807, 2.05) is 30.4 Å². The summed E-state index contributed by atoms with van der Waals surface area (Å²) in [5.41, 5.74) is 1.92. The molecule has 2 rings (SSSR count). The Bertz CT molecular complexity index is 404. The van der Waals surface area contributed by atoms with Gasteiger partial charge in [0, 0.05) is 12.0 Å². The van der Waals surface area contributed by atoms with Crippen LogP contribution in [0.25, 0.3) is 0 Å². The summed E-state index contributed by atoms with van der Waals surface area (Å²) in [6.07, 6.45) is 7.94. The van der Waals surface area contributed by atoms with Gasteiger partial charge in [-0.1, -0.05) is 36.4 Å². The molecule has 82 valence electrons. The van der Waals surface area contributed by atoms with Crippen molar-refractivity contribution in [2.75, 3.05) is 0 Å². The fourth-order valence-electron chi connectivity index (χ4n) is 1.66. The van der Waals surface area contributed by atoms with Crippen LogP contribution in [0.15, 0.2) is 54.3 Å². The highest BCUT2D eigenvalue weighted by Crippen LogP contribution is 2.13. The Balaban J connectivity index is 2.02. The van der Waals surface area contributed by atoms with Crippen LogP contribution in [0.3, 0.4) is 0 Å². The number of rotatable bonds is 3. The maximum atomic E-state index is 10.6. The summed E-state index contributed by atoms with van der Waals surface area (Å²) in [5.74, 6) is 0. The number of aldehydes is 1. The van der Waals surface area contributed by atoms with Crippen molar-refractivity contribution in [3.8, 4) is 0 Å². The maximum Gasteiger partial charge on any atom is 0.149 e. The van der Waals surface area contributed by atoms with E-state index in [0.717, 1.165) is 12.7 Å². The molecule has 1 aliphatic rings. The maximum absolute atomic E-state index is 10.6. The molecular weight excluding hydrogens is 200 g/mol. The lowest BCUT2D eigenvalue weighted by Gasteiger charge is -2.11. The molecule has 0 spiro atoms. The minimum Gasteiger partial charge on any atom is -0.493 e. The highest BCUT2D eigenvalue weighted by atomic mass is 16.5. The average Bonchev–Trinajstić information content (AvgIpc) is 2.56. The second-order valence-corrected chi connectivity index (χ2v) is 3.81. The smallest absolute Gasteiger partial charge is 0.149 e. The highest BCUT2D eigenvalue weighted by molar-refractivity contribution is 5.73. The van der Waals surface area contributed by atoms with E-state index < -0.39 is 0 Å². The Hall–Kier alpha value is -1.83. The lowest BCUT2D eigenvalue weighted by atomic mass is 10.1. The monoisotopic (exact) mass is 214 g/mol. The van der Waals surface area contributed by atoms with Gasteiger partial charge in [-0.05, 0) is 18.1 Å². The molecule has 2 nitrogen and oxygen atoms in total. The minimum atomic E-state index is 0.0276. The Morgan fingerprint density at radius 1 is 1.31 bits per heavy atom. The average molecular weight is 214 g/mol. The van der Waals surface area contributed by atoms with Gasteiger partial charge < -0.3 is 4.74 Å². The molecule has 1 aromatic rings. The lowest BCUT2D eigenvalue weighted by Crippen LogP contribution is -2.09. The second kappa shape index (κ2) is 5.31. The van der Waals surface area contributed by atoms with Gasteiger partial charge in [0.1, 0.15) is 12.4 Å². The molecule has 1 heterocycles. The Kier molecular flexibility index (Phi) is 3.54. The van der Waals surface area contributed by atoms with Crippen molar-refractivity contribution in [3.05, 3.63) is 59.9 Å². The van der Waals surface area contributed by atoms with E-state index in [9.17, 15) is 4.79 Å². The van der Waals surface area contributed by atoms with E-state index >= 15 is 0 Å². The quantitative estimate of drug-likeness (QED) is 0.571. The molecule has 16 heavy (non-hydrogen) atoms. The zero-order valence-corrected chi connectivity index (χ0v) is 9.00. The molecule has 0 N–H and O–H groups in total. The topological polar surface area (TPSA) is 26.3 Å². The number of carbonyl (C=O) groups excluding carboxylic acids is 1. The summed E-state index contributed by atoms with van der Waals surface area (Å²) in [6, 6.07) is 10.2. The highest BCUT2D eigenvalue weighted by Gasteiger charge is 2.08. The molecular formula is C14H14O2. The number of benzene rings is 1. The van der Waals surface area contributed by atoms with Gasteiger partial charge in [-0.2, -0.15) is 0 Å². The van der Waals surface area contributed by atoms with Gasteiger partial charge in [-0.3, -0.25) is 4.79 Å². The molecule has 0 bridgehead atoms. The number of carbonyl (C=O) groups is 1. The van der Waals surface area contributed by atoms with Crippen molar-refractivity contribution >= 4 is 6.29 Å². The van der Waals surface area contributed by atoms with Gasteiger partial charge in [0.2, 0.25) is 0 Å².